The molecule has 0 unspecified atom stereocenters. The summed E-state index contributed by atoms with van der Waals surface area (Å²) in [5, 5.41) is 5.93. The van der Waals surface area contributed by atoms with Gasteiger partial charge in [-0.15, -0.1) is 11.3 Å². The molecule has 0 spiro atoms. The number of nitrogens with one attached hydrogen (secondary N) is 1. The van der Waals surface area contributed by atoms with E-state index in [4.69, 9.17) is 9.47 Å². The van der Waals surface area contributed by atoms with Gasteiger partial charge in [0.2, 0.25) is 0 Å². The summed E-state index contributed by atoms with van der Waals surface area (Å²) < 4.78 is 11.2. The standard InChI is InChI=1S/C22H23N3O3S/c1-16-23-19(15-29-16)14-28-21-4-2-3-17(13-21)22(26)24-18-5-7-20(8-6-18)25-9-11-27-12-10-25/h2-8,13,15H,9-12,14H2,1H3,(H,24,26). The van der Waals surface area contributed by atoms with Crippen LogP contribution in [-0.2, 0) is 11.3 Å². The topological polar surface area (TPSA) is 63.7 Å². The largest absolute Gasteiger partial charge is 0.487 e. The van der Waals surface area contributed by atoms with E-state index in [1.54, 1.807) is 23.5 Å². The molecule has 2 heterocycles. The number of morpholine rings is 1. The molecule has 1 N–H and O–H groups in total. The summed E-state index contributed by atoms with van der Waals surface area (Å²) in [6.45, 7) is 5.63. The number of hydrogen-bond donors (Lipinski definition) is 1. The summed E-state index contributed by atoms with van der Waals surface area (Å²) in [4.78, 5) is 19.3. The Morgan fingerprint density at radius 2 is 2.00 bits per heavy atom. The van der Waals surface area contributed by atoms with E-state index in [0.29, 0.717) is 17.9 Å². The van der Waals surface area contributed by atoms with Gasteiger partial charge in [-0.25, -0.2) is 4.98 Å². The first kappa shape index (κ1) is 19.4. The summed E-state index contributed by atoms with van der Waals surface area (Å²) in [6, 6.07) is 15.1. The van der Waals surface area contributed by atoms with Gasteiger partial charge in [-0.2, -0.15) is 0 Å². The van der Waals surface area contributed by atoms with Crippen LogP contribution in [0.2, 0.25) is 0 Å². The molecule has 1 aliphatic heterocycles. The number of carbonyl (C=O) groups excluding carboxylic acids is 1. The number of aryl methyl sites for hydroxylation is 1. The van der Waals surface area contributed by atoms with Crippen molar-refractivity contribution in [2.45, 2.75) is 13.5 Å². The van der Waals surface area contributed by atoms with Gasteiger partial charge in [-0.3, -0.25) is 4.79 Å². The molecule has 0 atom stereocenters. The predicted molar refractivity (Wildman–Crippen MR) is 115 cm³/mol. The molecular formula is C22H23N3O3S. The van der Waals surface area contributed by atoms with Crippen LogP contribution >= 0.6 is 11.3 Å². The van der Waals surface area contributed by atoms with Gasteiger partial charge in [0, 0.05) is 35.4 Å². The van der Waals surface area contributed by atoms with Crippen molar-refractivity contribution in [2.75, 3.05) is 36.5 Å². The third kappa shape index (κ3) is 5.13. The lowest BCUT2D eigenvalue weighted by Gasteiger charge is -2.28. The summed E-state index contributed by atoms with van der Waals surface area (Å²) in [5.41, 5.74) is 3.34. The van der Waals surface area contributed by atoms with Gasteiger partial charge in [0.25, 0.3) is 5.91 Å². The van der Waals surface area contributed by atoms with Crippen molar-refractivity contribution in [3.05, 3.63) is 70.2 Å². The average Bonchev–Trinajstić information content (AvgIpc) is 3.19. The SMILES string of the molecule is Cc1nc(COc2cccc(C(=O)Nc3ccc(N4CCOCC4)cc3)c2)cs1. The van der Waals surface area contributed by atoms with E-state index in [-0.39, 0.29) is 5.91 Å². The van der Waals surface area contributed by atoms with E-state index in [1.165, 1.54) is 0 Å². The number of thiazole rings is 1. The Morgan fingerprint density at radius 1 is 1.21 bits per heavy atom. The molecule has 7 heteroatoms. The number of rotatable bonds is 6. The van der Waals surface area contributed by atoms with E-state index in [0.717, 1.165) is 48.4 Å². The lowest BCUT2D eigenvalue weighted by molar-refractivity contribution is 0.102. The maximum Gasteiger partial charge on any atom is 0.255 e. The van der Waals surface area contributed by atoms with Gasteiger partial charge in [0.05, 0.1) is 23.9 Å². The molecule has 2 aromatic carbocycles. The van der Waals surface area contributed by atoms with Crippen LogP contribution in [0.5, 0.6) is 5.75 Å². The fraction of sp³-hybridized carbons (Fsp3) is 0.273. The Kier molecular flexibility index (Phi) is 6.07. The lowest BCUT2D eigenvalue weighted by Crippen LogP contribution is -2.36. The summed E-state index contributed by atoms with van der Waals surface area (Å²) in [6.07, 6.45) is 0. The summed E-state index contributed by atoms with van der Waals surface area (Å²) in [7, 11) is 0. The van der Waals surface area contributed by atoms with Crippen molar-refractivity contribution in [1.82, 2.24) is 4.98 Å². The van der Waals surface area contributed by atoms with Crippen molar-refractivity contribution in [3.8, 4) is 5.75 Å². The zero-order chi connectivity index (χ0) is 20.1. The number of aromatic nitrogens is 1. The van der Waals surface area contributed by atoms with E-state index >= 15 is 0 Å². The van der Waals surface area contributed by atoms with Gasteiger partial charge < -0.3 is 19.7 Å². The Morgan fingerprint density at radius 3 is 2.72 bits per heavy atom. The molecule has 0 aliphatic carbocycles. The molecule has 0 radical (unpaired) electrons. The van der Waals surface area contributed by atoms with Gasteiger partial charge in [-0.1, -0.05) is 6.07 Å². The zero-order valence-electron chi connectivity index (χ0n) is 16.3. The maximum atomic E-state index is 12.6. The highest BCUT2D eigenvalue weighted by Crippen LogP contribution is 2.21. The predicted octanol–water partition coefficient (Wildman–Crippen LogP) is 4.12. The van der Waals surface area contributed by atoms with Crippen LogP contribution < -0.4 is 15.0 Å². The third-order valence-electron chi connectivity index (χ3n) is 4.65. The molecule has 150 valence electrons. The van der Waals surface area contributed by atoms with Crippen LogP contribution in [0.4, 0.5) is 11.4 Å². The Balaban J connectivity index is 1.36. The third-order valence-corrected chi connectivity index (χ3v) is 5.47. The quantitative estimate of drug-likeness (QED) is 0.664. The summed E-state index contributed by atoms with van der Waals surface area (Å²) in [5.74, 6) is 0.477. The second kappa shape index (κ2) is 9.07. The Hall–Kier alpha value is -2.90. The molecule has 4 rings (SSSR count). The first-order chi connectivity index (χ1) is 14.2. The maximum absolute atomic E-state index is 12.6. The molecule has 1 saturated heterocycles. The second-order valence-corrected chi connectivity index (χ2v) is 7.84. The van der Waals surface area contributed by atoms with Crippen molar-refractivity contribution in [2.24, 2.45) is 0 Å². The molecule has 1 fully saturated rings. The van der Waals surface area contributed by atoms with Crippen molar-refractivity contribution in [1.29, 1.82) is 0 Å². The average molecular weight is 410 g/mol. The minimum atomic E-state index is -0.168. The number of carbonyl (C=O) groups is 1. The number of amides is 1. The van der Waals surface area contributed by atoms with Gasteiger partial charge >= 0.3 is 0 Å². The number of benzene rings is 2. The van der Waals surface area contributed by atoms with Crippen LogP contribution in [0.25, 0.3) is 0 Å². The zero-order valence-corrected chi connectivity index (χ0v) is 17.1. The fourth-order valence-electron chi connectivity index (χ4n) is 3.14. The molecule has 0 bridgehead atoms. The number of nitrogens with zero attached hydrogens (tertiary/aromatic N) is 2. The smallest absolute Gasteiger partial charge is 0.255 e. The normalized spacial score (nSPS) is 13.9. The van der Waals surface area contributed by atoms with Crippen LogP contribution in [0.15, 0.2) is 53.9 Å². The lowest BCUT2D eigenvalue weighted by atomic mass is 10.2. The minimum Gasteiger partial charge on any atom is -0.487 e. The van der Waals surface area contributed by atoms with Crippen molar-refractivity contribution < 1.29 is 14.3 Å². The summed E-state index contributed by atoms with van der Waals surface area (Å²) >= 11 is 1.59. The second-order valence-electron chi connectivity index (χ2n) is 6.77. The highest BCUT2D eigenvalue weighted by atomic mass is 32.1. The Bertz CT molecular complexity index is 965. The molecular weight excluding hydrogens is 386 g/mol. The van der Waals surface area contributed by atoms with Gasteiger partial charge in [0.15, 0.2) is 0 Å². The molecule has 6 nitrogen and oxygen atoms in total. The van der Waals surface area contributed by atoms with E-state index in [1.807, 2.05) is 48.7 Å². The molecule has 1 aromatic heterocycles. The molecule has 1 amide bonds. The Labute approximate surface area is 174 Å². The first-order valence-corrected chi connectivity index (χ1v) is 10.4. The van der Waals surface area contributed by atoms with Crippen LogP contribution in [0.3, 0.4) is 0 Å². The monoisotopic (exact) mass is 409 g/mol. The molecule has 1 aliphatic rings. The minimum absolute atomic E-state index is 0.168. The molecule has 29 heavy (non-hydrogen) atoms. The van der Waals surface area contributed by atoms with Crippen LogP contribution in [0, 0.1) is 6.92 Å². The number of ether oxygens (including phenoxy) is 2. The van der Waals surface area contributed by atoms with E-state index in [2.05, 4.69) is 15.2 Å². The highest BCUT2D eigenvalue weighted by Gasteiger charge is 2.12. The van der Waals surface area contributed by atoms with Crippen LogP contribution in [-0.4, -0.2) is 37.2 Å². The van der Waals surface area contributed by atoms with Crippen LogP contribution in [0.1, 0.15) is 21.1 Å². The van der Waals surface area contributed by atoms with Crippen molar-refractivity contribution >= 4 is 28.6 Å². The van der Waals surface area contributed by atoms with Crippen molar-refractivity contribution in [3.63, 3.8) is 0 Å². The van der Waals surface area contributed by atoms with Gasteiger partial charge in [0.1, 0.15) is 12.4 Å². The van der Waals surface area contributed by atoms with Gasteiger partial charge in [-0.05, 0) is 49.4 Å². The number of hydrogen-bond acceptors (Lipinski definition) is 6. The highest BCUT2D eigenvalue weighted by molar-refractivity contribution is 7.09. The fourth-order valence-corrected chi connectivity index (χ4v) is 3.74. The van der Waals surface area contributed by atoms with E-state index < -0.39 is 0 Å². The molecule has 3 aromatic rings. The molecule has 0 saturated carbocycles. The van der Waals surface area contributed by atoms with E-state index in [9.17, 15) is 4.79 Å². The number of anilines is 2. The first-order valence-electron chi connectivity index (χ1n) is 9.55.